The van der Waals surface area contributed by atoms with Crippen LogP contribution in [0, 0.1) is 5.92 Å². The van der Waals surface area contributed by atoms with Gasteiger partial charge in [-0.3, -0.25) is 24.8 Å². The summed E-state index contributed by atoms with van der Waals surface area (Å²) in [4.78, 5) is 34.8. The van der Waals surface area contributed by atoms with E-state index < -0.39 is 35.4 Å². The summed E-state index contributed by atoms with van der Waals surface area (Å²) in [6.45, 7) is 0. The second-order valence-electron chi connectivity index (χ2n) is 4.75. The summed E-state index contributed by atoms with van der Waals surface area (Å²) in [5, 5.41) is 3.33. The number of halogens is 3. The molecule has 3 amide bonds. The summed E-state index contributed by atoms with van der Waals surface area (Å²) < 4.78 is 37.2. The van der Waals surface area contributed by atoms with E-state index in [9.17, 15) is 27.6 Å². The molecule has 0 saturated carbocycles. The van der Waals surface area contributed by atoms with Gasteiger partial charge in [-0.25, -0.2) is 0 Å². The molecule has 2 N–H and O–H groups in total. The first-order valence-corrected chi connectivity index (χ1v) is 6.23. The van der Waals surface area contributed by atoms with Crippen LogP contribution in [-0.4, -0.2) is 29.8 Å². The van der Waals surface area contributed by atoms with Gasteiger partial charge in [0.2, 0.25) is 5.91 Å². The molecular weight excluding hydrogens is 303 g/mol. The van der Waals surface area contributed by atoms with Gasteiger partial charge in [0.1, 0.15) is 5.92 Å². The predicted octanol–water partition coefficient (Wildman–Crippen LogP) is 1.15. The lowest BCUT2D eigenvalue weighted by Crippen LogP contribution is -2.31. The highest BCUT2D eigenvalue weighted by Gasteiger charge is 2.38. The van der Waals surface area contributed by atoms with E-state index in [1.54, 1.807) is 0 Å². The summed E-state index contributed by atoms with van der Waals surface area (Å²) in [5.41, 5.74) is 1.56. The van der Waals surface area contributed by atoms with Gasteiger partial charge in [-0.05, 0) is 24.3 Å². The van der Waals surface area contributed by atoms with E-state index in [4.69, 9.17) is 0 Å². The van der Waals surface area contributed by atoms with E-state index in [0.29, 0.717) is 0 Å². The molecule has 1 aromatic rings. The first-order valence-electron chi connectivity index (χ1n) is 6.23. The van der Waals surface area contributed by atoms with Gasteiger partial charge in [0.05, 0.1) is 5.56 Å². The fourth-order valence-corrected chi connectivity index (χ4v) is 1.96. The SMILES string of the molecule is CN1NC(=O)C(CC(=O)Nc2ccc(C(F)(F)F)cc2)C1=O. The van der Waals surface area contributed by atoms with Gasteiger partial charge in [-0.1, -0.05) is 0 Å². The largest absolute Gasteiger partial charge is 0.416 e. The van der Waals surface area contributed by atoms with Crippen LogP contribution in [0.3, 0.4) is 0 Å². The van der Waals surface area contributed by atoms with E-state index in [1.165, 1.54) is 7.05 Å². The molecule has 1 saturated heterocycles. The number of alkyl halides is 3. The van der Waals surface area contributed by atoms with Crippen molar-refractivity contribution in [3.05, 3.63) is 29.8 Å². The Labute approximate surface area is 123 Å². The van der Waals surface area contributed by atoms with Gasteiger partial charge >= 0.3 is 6.18 Å². The quantitative estimate of drug-likeness (QED) is 0.822. The second kappa shape index (κ2) is 5.66. The Morgan fingerprint density at radius 3 is 2.32 bits per heavy atom. The minimum absolute atomic E-state index is 0.150. The normalized spacial score (nSPS) is 18.4. The number of anilines is 1. The molecule has 1 aromatic carbocycles. The summed E-state index contributed by atoms with van der Waals surface area (Å²) in [5.74, 6) is -2.88. The molecule has 0 radical (unpaired) electrons. The number of nitrogens with zero attached hydrogens (tertiary/aromatic N) is 1. The third kappa shape index (κ3) is 3.35. The van der Waals surface area contributed by atoms with Crippen molar-refractivity contribution in [3.8, 4) is 0 Å². The molecular formula is C13H12F3N3O3. The number of hydrazine groups is 1. The zero-order chi connectivity index (χ0) is 16.5. The topological polar surface area (TPSA) is 78.5 Å². The number of hydrogen-bond donors (Lipinski definition) is 2. The van der Waals surface area contributed by atoms with Crippen LogP contribution >= 0.6 is 0 Å². The van der Waals surface area contributed by atoms with Crippen LogP contribution in [0.2, 0.25) is 0 Å². The van der Waals surface area contributed by atoms with Crippen LogP contribution < -0.4 is 10.7 Å². The van der Waals surface area contributed by atoms with Crippen molar-refractivity contribution in [3.63, 3.8) is 0 Å². The number of hydrogen-bond acceptors (Lipinski definition) is 3. The molecule has 0 aliphatic carbocycles. The van der Waals surface area contributed by atoms with Gasteiger partial charge in [0.15, 0.2) is 0 Å². The molecule has 1 atom stereocenters. The Bertz CT molecular complexity index is 613. The zero-order valence-corrected chi connectivity index (χ0v) is 11.4. The summed E-state index contributed by atoms with van der Waals surface area (Å²) >= 11 is 0. The molecule has 1 fully saturated rings. The van der Waals surface area contributed by atoms with Crippen LogP contribution in [0.15, 0.2) is 24.3 Å². The lowest BCUT2D eigenvalue weighted by molar-refractivity contribution is -0.137. The fourth-order valence-electron chi connectivity index (χ4n) is 1.96. The predicted molar refractivity (Wildman–Crippen MR) is 69.1 cm³/mol. The van der Waals surface area contributed by atoms with Crippen molar-refractivity contribution in [2.24, 2.45) is 5.92 Å². The Kier molecular flexibility index (Phi) is 4.07. The zero-order valence-electron chi connectivity index (χ0n) is 11.4. The maximum Gasteiger partial charge on any atom is 0.416 e. The molecule has 6 nitrogen and oxygen atoms in total. The Balaban J connectivity index is 1.98. The lowest BCUT2D eigenvalue weighted by atomic mass is 10.0. The van der Waals surface area contributed by atoms with E-state index in [-0.39, 0.29) is 12.1 Å². The molecule has 1 aliphatic rings. The Morgan fingerprint density at radius 1 is 1.27 bits per heavy atom. The first-order chi connectivity index (χ1) is 10.2. The van der Waals surface area contributed by atoms with Gasteiger partial charge in [-0.15, -0.1) is 0 Å². The molecule has 1 heterocycles. The maximum absolute atomic E-state index is 12.4. The van der Waals surface area contributed by atoms with Gasteiger partial charge in [0, 0.05) is 19.2 Å². The highest BCUT2D eigenvalue weighted by Crippen LogP contribution is 2.29. The number of carbonyl (C=O) groups excluding carboxylic acids is 3. The molecule has 0 bridgehead atoms. The summed E-state index contributed by atoms with van der Waals surface area (Å²) in [7, 11) is 1.36. The van der Waals surface area contributed by atoms with Crippen molar-refractivity contribution >= 4 is 23.4 Å². The molecule has 2 rings (SSSR count). The smallest absolute Gasteiger partial charge is 0.326 e. The average Bonchev–Trinajstić information content (AvgIpc) is 2.65. The summed E-state index contributed by atoms with van der Waals surface area (Å²) in [6.07, 6.45) is -4.84. The van der Waals surface area contributed by atoms with E-state index in [1.807, 2.05) is 0 Å². The molecule has 0 aromatic heterocycles. The fraction of sp³-hybridized carbons (Fsp3) is 0.308. The molecule has 9 heteroatoms. The van der Waals surface area contributed by atoms with Crippen molar-refractivity contribution in [1.82, 2.24) is 10.4 Å². The van der Waals surface area contributed by atoms with E-state index >= 15 is 0 Å². The van der Waals surface area contributed by atoms with Crippen molar-refractivity contribution < 1.29 is 27.6 Å². The number of nitrogens with one attached hydrogen (secondary N) is 2. The van der Waals surface area contributed by atoms with Crippen LogP contribution in [0.4, 0.5) is 18.9 Å². The van der Waals surface area contributed by atoms with E-state index in [0.717, 1.165) is 29.3 Å². The van der Waals surface area contributed by atoms with Crippen molar-refractivity contribution in [2.75, 3.05) is 12.4 Å². The van der Waals surface area contributed by atoms with Gasteiger partial charge in [0.25, 0.3) is 11.8 Å². The summed E-state index contributed by atoms with van der Waals surface area (Å²) in [6, 6.07) is 3.86. The minimum Gasteiger partial charge on any atom is -0.326 e. The third-order valence-corrected chi connectivity index (χ3v) is 3.11. The Hall–Kier alpha value is -2.58. The lowest BCUT2D eigenvalue weighted by Gasteiger charge is -2.10. The number of amides is 3. The van der Waals surface area contributed by atoms with Crippen LogP contribution in [0.5, 0.6) is 0 Å². The highest BCUT2D eigenvalue weighted by molar-refractivity contribution is 6.08. The first kappa shape index (κ1) is 15.8. The molecule has 1 unspecified atom stereocenters. The second-order valence-corrected chi connectivity index (χ2v) is 4.75. The van der Waals surface area contributed by atoms with Crippen LogP contribution in [-0.2, 0) is 20.6 Å². The number of rotatable bonds is 3. The van der Waals surface area contributed by atoms with Gasteiger partial charge < -0.3 is 5.32 Å². The average molecular weight is 315 g/mol. The number of carbonyl (C=O) groups is 3. The van der Waals surface area contributed by atoms with E-state index in [2.05, 4.69) is 10.7 Å². The third-order valence-electron chi connectivity index (χ3n) is 3.11. The highest BCUT2D eigenvalue weighted by atomic mass is 19.4. The van der Waals surface area contributed by atoms with Gasteiger partial charge in [-0.2, -0.15) is 13.2 Å². The van der Waals surface area contributed by atoms with Crippen LogP contribution in [0.1, 0.15) is 12.0 Å². The molecule has 0 spiro atoms. The van der Waals surface area contributed by atoms with Crippen LogP contribution in [0.25, 0.3) is 0 Å². The number of benzene rings is 1. The Morgan fingerprint density at radius 2 is 1.86 bits per heavy atom. The van der Waals surface area contributed by atoms with Crippen molar-refractivity contribution in [2.45, 2.75) is 12.6 Å². The molecule has 118 valence electrons. The monoisotopic (exact) mass is 315 g/mol. The maximum atomic E-state index is 12.4. The minimum atomic E-state index is -4.46. The standard InChI is InChI=1S/C13H12F3N3O3/c1-19-12(22)9(11(21)18-19)6-10(20)17-8-4-2-7(3-5-8)13(14,15)16/h2-5,9H,6H2,1H3,(H,17,20)(H,18,21). The van der Waals surface area contributed by atoms with Crippen molar-refractivity contribution in [1.29, 1.82) is 0 Å². The molecule has 22 heavy (non-hydrogen) atoms. The molecule has 1 aliphatic heterocycles.